The fourth-order valence-electron chi connectivity index (χ4n) is 3.82. The van der Waals surface area contributed by atoms with Crippen LogP contribution in [0.3, 0.4) is 0 Å². The average molecular weight is 296 g/mol. The van der Waals surface area contributed by atoms with Crippen LogP contribution in [-0.4, -0.2) is 38.2 Å². The van der Waals surface area contributed by atoms with Crippen LogP contribution in [0, 0.1) is 0 Å². The van der Waals surface area contributed by atoms with Crippen molar-refractivity contribution in [2.45, 2.75) is 63.5 Å². The number of fused-ring (bicyclic) bond motifs is 2. The van der Waals surface area contributed by atoms with Crippen LogP contribution in [-0.2, 0) is 9.31 Å². The zero-order chi connectivity index (χ0) is 15.5. The van der Waals surface area contributed by atoms with Gasteiger partial charge in [0.15, 0.2) is 0 Å². The molecule has 5 heteroatoms. The first kappa shape index (κ1) is 14.6. The van der Waals surface area contributed by atoms with Gasteiger partial charge in [-0.3, -0.25) is 0 Å². The van der Waals surface area contributed by atoms with Crippen LogP contribution >= 0.6 is 0 Å². The molecule has 1 aromatic carbocycles. The maximum absolute atomic E-state index is 6.12. The molecule has 1 aromatic rings. The summed E-state index contributed by atoms with van der Waals surface area (Å²) in [5.41, 5.74) is 1.89. The van der Waals surface area contributed by atoms with E-state index in [0.717, 1.165) is 11.3 Å². The molecule has 3 nitrogen and oxygen atoms in total. The van der Waals surface area contributed by atoms with E-state index in [1.54, 1.807) is 0 Å². The topological polar surface area (TPSA) is 21.7 Å². The van der Waals surface area contributed by atoms with Crippen LogP contribution in [0.25, 0.3) is 0 Å². The summed E-state index contributed by atoms with van der Waals surface area (Å²) in [6.45, 7) is 9.57. The van der Waals surface area contributed by atoms with Crippen molar-refractivity contribution in [3.8, 4) is 0 Å². The van der Waals surface area contributed by atoms with Gasteiger partial charge in [0, 0.05) is 18.3 Å². The molecule has 4 rings (SSSR count). The Morgan fingerprint density at radius 3 is 2.23 bits per heavy atom. The van der Waals surface area contributed by atoms with E-state index in [2.05, 4.69) is 64.1 Å². The Morgan fingerprint density at radius 1 is 1.09 bits per heavy atom. The third kappa shape index (κ3) is 2.21. The van der Waals surface area contributed by atoms with Gasteiger partial charge in [-0.1, -0.05) is 18.5 Å². The number of nitrogens with zero attached hydrogens (tertiary/aromatic N) is 1. The lowest BCUT2D eigenvalue weighted by atomic mass is 9.66. The molecule has 22 heavy (non-hydrogen) atoms. The van der Waals surface area contributed by atoms with E-state index in [4.69, 9.17) is 9.31 Å². The largest absolute Gasteiger partial charge is 0.494 e. The molecule has 0 aromatic heterocycles. The van der Waals surface area contributed by atoms with Gasteiger partial charge in [-0.15, -0.1) is 0 Å². The highest BCUT2D eigenvalue weighted by molar-refractivity contribution is 6.62. The molecule has 3 aliphatic heterocycles. The third-order valence-electron chi connectivity index (χ3n) is 5.94. The predicted octanol–water partition coefficient (Wildman–Crippen LogP) is 2.49. The predicted molar refractivity (Wildman–Crippen MR) is 92.2 cm³/mol. The van der Waals surface area contributed by atoms with Gasteiger partial charge < -0.3 is 14.2 Å². The Morgan fingerprint density at radius 2 is 1.73 bits per heavy atom. The average Bonchev–Trinajstić information content (AvgIpc) is 3.13. The molecule has 0 unspecified atom stereocenters. The number of hydrogen-bond acceptors (Lipinski definition) is 3. The first-order valence-electron chi connectivity index (χ1n) is 8.41. The van der Waals surface area contributed by atoms with Crippen molar-refractivity contribution in [2.24, 2.45) is 0 Å². The lowest BCUT2D eigenvalue weighted by Gasteiger charge is -2.32. The maximum atomic E-state index is 6.12. The molecule has 3 heterocycles. The van der Waals surface area contributed by atoms with E-state index < -0.39 is 0 Å². The molecular weight excluding hydrogens is 272 g/mol. The smallest absolute Gasteiger partial charge is 0.399 e. The van der Waals surface area contributed by atoms with Crippen molar-refractivity contribution in [3.05, 3.63) is 24.3 Å². The number of benzene rings is 1. The van der Waals surface area contributed by atoms with Crippen LogP contribution in [0.2, 0.25) is 12.1 Å². The summed E-state index contributed by atoms with van der Waals surface area (Å²) in [5.74, 6) is 0.799. The molecule has 3 saturated heterocycles. The third-order valence-corrected chi connectivity index (χ3v) is 5.94. The van der Waals surface area contributed by atoms with Gasteiger partial charge in [-0.2, -0.15) is 0 Å². The van der Waals surface area contributed by atoms with E-state index in [-0.39, 0.29) is 18.3 Å². The van der Waals surface area contributed by atoms with Crippen LogP contribution in [0.15, 0.2) is 24.3 Å². The van der Waals surface area contributed by atoms with Crippen molar-refractivity contribution < 1.29 is 9.31 Å². The first-order valence-corrected chi connectivity index (χ1v) is 8.41. The van der Waals surface area contributed by atoms with E-state index in [1.165, 1.54) is 25.0 Å². The van der Waals surface area contributed by atoms with Gasteiger partial charge >= 0.3 is 7.12 Å². The van der Waals surface area contributed by atoms with Crippen molar-refractivity contribution >= 4 is 25.5 Å². The normalized spacial score (nSPS) is 31.6. The summed E-state index contributed by atoms with van der Waals surface area (Å²) in [7, 11) is 2.22. The van der Waals surface area contributed by atoms with E-state index >= 15 is 0 Å². The van der Waals surface area contributed by atoms with Crippen molar-refractivity contribution in [2.75, 3.05) is 11.4 Å². The second-order valence-electron chi connectivity index (χ2n) is 7.95. The Hall–Kier alpha value is -0.930. The van der Waals surface area contributed by atoms with Gasteiger partial charge in [0.1, 0.15) is 7.28 Å². The minimum Gasteiger partial charge on any atom is -0.399 e. The molecule has 115 valence electrons. The lowest BCUT2D eigenvalue weighted by Crippen LogP contribution is -2.41. The molecule has 0 amide bonds. The fourth-order valence-corrected chi connectivity index (χ4v) is 3.82. The maximum Gasteiger partial charge on any atom is 0.494 e. The minimum atomic E-state index is -0.278. The highest BCUT2D eigenvalue weighted by Crippen LogP contribution is 2.40. The molecule has 0 spiro atoms. The zero-order valence-electron chi connectivity index (χ0n) is 14.0. The highest BCUT2D eigenvalue weighted by atomic mass is 16.7. The second kappa shape index (κ2) is 4.78. The Kier molecular flexibility index (Phi) is 3.18. The molecule has 2 atom stereocenters. The summed E-state index contributed by atoms with van der Waals surface area (Å²) >= 11 is 0. The Balaban J connectivity index is 1.51. The van der Waals surface area contributed by atoms with Crippen molar-refractivity contribution in [3.63, 3.8) is 0 Å². The van der Waals surface area contributed by atoms with Crippen LogP contribution in [0.1, 0.15) is 34.1 Å². The van der Waals surface area contributed by atoms with Gasteiger partial charge in [-0.05, 0) is 57.5 Å². The van der Waals surface area contributed by atoms with Crippen LogP contribution in [0.5, 0.6) is 0 Å². The SMILES string of the molecule is CC1(C)OB(c2ccc(N3C[C@H]4[B]C[C@@H]3C4)cc2)OC1(C)C. The molecular formula is C17H24B2NO2. The fraction of sp³-hybridized carbons (Fsp3) is 0.647. The standard InChI is InChI=1S/C17H24B2NO2/c1-16(2)17(3,4)22-19(21-16)13-5-7-14(8-6-13)20-11-12-9-15(20)10-18-12/h5-8,12,15H,9-11H2,1-4H3/t12-,15-/m0/s1. The summed E-state index contributed by atoms with van der Waals surface area (Å²) in [6, 6.07) is 9.48. The molecule has 3 fully saturated rings. The summed E-state index contributed by atoms with van der Waals surface area (Å²) in [5, 5.41) is 0. The summed E-state index contributed by atoms with van der Waals surface area (Å²) in [4.78, 5) is 2.55. The monoisotopic (exact) mass is 296 g/mol. The van der Waals surface area contributed by atoms with Crippen LogP contribution < -0.4 is 10.4 Å². The van der Waals surface area contributed by atoms with Gasteiger partial charge in [0.2, 0.25) is 0 Å². The lowest BCUT2D eigenvalue weighted by molar-refractivity contribution is 0.00578. The molecule has 2 bridgehead atoms. The zero-order valence-corrected chi connectivity index (χ0v) is 14.0. The number of rotatable bonds is 2. The van der Waals surface area contributed by atoms with Crippen LogP contribution in [0.4, 0.5) is 5.69 Å². The Labute approximate surface area is 134 Å². The highest BCUT2D eigenvalue weighted by Gasteiger charge is 2.51. The van der Waals surface area contributed by atoms with E-state index in [0.29, 0.717) is 6.04 Å². The first-order chi connectivity index (χ1) is 10.4. The molecule has 0 N–H and O–H groups in total. The van der Waals surface area contributed by atoms with E-state index in [9.17, 15) is 0 Å². The summed E-state index contributed by atoms with van der Waals surface area (Å²) < 4.78 is 12.2. The molecule has 3 aliphatic rings. The number of hydrogen-bond donors (Lipinski definition) is 0. The van der Waals surface area contributed by atoms with E-state index in [1.807, 2.05) is 0 Å². The minimum absolute atomic E-state index is 0.262. The second-order valence-corrected chi connectivity index (χ2v) is 7.95. The summed E-state index contributed by atoms with van der Waals surface area (Å²) in [6.07, 6.45) is 2.57. The molecule has 0 saturated carbocycles. The van der Waals surface area contributed by atoms with Gasteiger partial charge in [0.05, 0.1) is 11.2 Å². The Bertz CT molecular complexity index is 557. The van der Waals surface area contributed by atoms with Crippen molar-refractivity contribution in [1.82, 2.24) is 0 Å². The molecule has 0 aliphatic carbocycles. The van der Waals surface area contributed by atoms with Gasteiger partial charge in [0.25, 0.3) is 0 Å². The van der Waals surface area contributed by atoms with Gasteiger partial charge in [-0.25, -0.2) is 0 Å². The molecule has 1 radical (unpaired) electrons. The number of anilines is 1. The van der Waals surface area contributed by atoms with Crippen molar-refractivity contribution in [1.29, 1.82) is 0 Å². The quantitative estimate of drug-likeness (QED) is 0.783.